The largest absolute Gasteiger partial charge is 0.481 e. The van der Waals surface area contributed by atoms with Crippen molar-refractivity contribution < 1.29 is 49.4 Å². The number of benzene rings is 1. The molecule has 1 aromatic carbocycles. The van der Waals surface area contributed by atoms with Gasteiger partial charge in [0.25, 0.3) is 0 Å². The summed E-state index contributed by atoms with van der Waals surface area (Å²) in [7, 11) is 0. The minimum absolute atomic E-state index is 0.0740. The van der Waals surface area contributed by atoms with Gasteiger partial charge in [0.15, 0.2) is 0 Å². The summed E-state index contributed by atoms with van der Waals surface area (Å²) in [6.07, 6.45) is -10.6. The Hall–Kier alpha value is -2.50. The summed E-state index contributed by atoms with van der Waals surface area (Å²) < 4.78 is 122. The first-order valence-corrected chi connectivity index (χ1v) is 12.2. The molecule has 0 radical (unpaired) electrons. The summed E-state index contributed by atoms with van der Waals surface area (Å²) in [4.78, 5) is 13.0. The van der Waals surface area contributed by atoms with E-state index in [0.29, 0.717) is 24.6 Å². The van der Waals surface area contributed by atoms with E-state index in [9.17, 15) is 49.4 Å². The fourth-order valence-corrected chi connectivity index (χ4v) is 5.51. The maximum Gasteiger partial charge on any atom is 0.416 e. The van der Waals surface area contributed by atoms with Gasteiger partial charge in [-0.1, -0.05) is 31.6 Å². The highest BCUT2D eigenvalue weighted by Crippen LogP contribution is 2.45. The molecule has 1 aliphatic carbocycles. The molecular formula is C26H28F9NO2. The van der Waals surface area contributed by atoms with E-state index in [1.807, 2.05) is 0 Å². The second-order valence-corrected chi connectivity index (χ2v) is 9.81. The smallest absolute Gasteiger partial charge is 0.416 e. The standard InChI is InChI=1S/C26H28F9NO2/c1-2-3-21(19-14-18(25(30,31)32)8-9-20(19)26(33,34)35)36-11-10-15(13-23(37)38)12-22(36)16-4-6-17(7-5-16)24(27,28)29/h4,6-9,14-16,21-22H,2-3,5,10-13H2,1H3,(H,37,38)/t15-,16?,21+,22+/m0/s1. The Labute approximate surface area is 214 Å². The van der Waals surface area contributed by atoms with E-state index >= 15 is 0 Å². The Balaban J connectivity index is 2.08. The van der Waals surface area contributed by atoms with Crippen LogP contribution in [-0.2, 0) is 17.1 Å². The van der Waals surface area contributed by atoms with Crippen molar-refractivity contribution >= 4 is 5.97 Å². The highest BCUT2D eigenvalue weighted by molar-refractivity contribution is 5.67. The van der Waals surface area contributed by atoms with Crippen LogP contribution in [0.2, 0.25) is 0 Å². The summed E-state index contributed by atoms with van der Waals surface area (Å²) in [6.45, 7) is 1.78. The lowest BCUT2D eigenvalue weighted by atomic mass is 9.77. The molecule has 38 heavy (non-hydrogen) atoms. The number of rotatable bonds is 7. The average Bonchev–Trinajstić information content (AvgIpc) is 2.80. The molecule has 1 unspecified atom stereocenters. The topological polar surface area (TPSA) is 40.5 Å². The fourth-order valence-electron chi connectivity index (χ4n) is 5.51. The number of carboxylic acid groups (broad SMARTS) is 1. The Morgan fingerprint density at radius 3 is 2.24 bits per heavy atom. The van der Waals surface area contributed by atoms with E-state index in [2.05, 4.69) is 0 Å². The second kappa shape index (κ2) is 11.3. The maximum atomic E-state index is 14.0. The van der Waals surface area contributed by atoms with E-state index in [0.717, 1.165) is 12.2 Å². The van der Waals surface area contributed by atoms with Crippen molar-refractivity contribution in [2.24, 2.45) is 11.8 Å². The molecular weight excluding hydrogens is 529 g/mol. The van der Waals surface area contributed by atoms with Gasteiger partial charge in [-0.3, -0.25) is 9.69 Å². The fraction of sp³-hybridized carbons (Fsp3) is 0.577. The van der Waals surface area contributed by atoms with Crippen LogP contribution in [0.15, 0.2) is 42.0 Å². The first-order valence-electron chi connectivity index (χ1n) is 12.2. The van der Waals surface area contributed by atoms with Crippen molar-refractivity contribution in [2.75, 3.05) is 6.54 Å². The Morgan fingerprint density at radius 2 is 1.74 bits per heavy atom. The molecule has 1 aliphatic heterocycles. The molecule has 1 N–H and O–H groups in total. The van der Waals surface area contributed by atoms with E-state index in [1.54, 1.807) is 11.8 Å². The molecule has 0 aromatic heterocycles. The zero-order chi connectivity index (χ0) is 28.5. The summed E-state index contributed by atoms with van der Waals surface area (Å²) in [5.74, 6) is -2.04. The van der Waals surface area contributed by atoms with E-state index in [-0.39, 0.29) is 44.6 Å². The first kappa shape index (κ1) is 30.0. The van der Waals surface area contributed by atoms with Crippen LogP contribution < -0.4 is 0 Å². The molecule has 1 saturated heterocycles. The molecule has 0 bridgehead atoms. The van der Waals surface area contributed by atoms with Gasteiger partial charge in [-0.2, -0.15) is 39.5 Å². The van der Waals surface area contributed by atoms with Crippen molar-refractivity contribution in [3.8, 4) is 0 Å². The number of allylic oxidation sites excluding steroid dienone is 3. The van der Waals surface area contributed by atoms with Gasteiger partial charge in [0, 0.05) is 18.5 Å². The van der Waals surface area contributed by atoms with Gasteiger partial charge in [-0.15, -0.1) is 0 Å². The summed E-state index contributed by atoms with van der Waals surface area (Å²) >= 11 is 0. The molecule has 1 heterocycles. The number of likely N-dealkylation sites (tertiary alicyclic amines) is 1. The Morgan fingerprint density at radius 1 is 1.05 bits per heavy atom. The molecule has 2 aliphatic rings. The third-order valence-corrected chi connectivity index (χ3v) is 7.22. The lowest BCUT2D eigenvalue weighted by Crippen LogP contribution is -2.49. The van der Waals surface area contributed by atoms with Crippen LogP contribution in [0.1, 0.15) is 68.2 Å². The molecule has 4 atom stereocenters. The molecule has 1 aromatic rings. The minimum atomic E-state index is -4.93. The van der Waals surface area contributed by atoms with Gasteiger partial charge in [-0.05, 0) is 67.8 Å². The third-order valence-electron chi connectivity index (χ3n) is 7.22. The van der Waals surface area contributed by atoms with E-state index in [4.69, 9.17) is 0 Å². The Bertz CT molecular complexity index is 1060. The molecule has 3 nitrogen and oxygen atoms in total. The van der Waals surface area contributed by atoms with Crippen molar-refractivity contribution in [3.63, 3.8) is 0 Å². The van der Waals surface area contributed by atoms with Crippen LogP contribution >= 0.6 is 0 Å². The zero-order valence-electron chi connectivity index (χ0n) is 20.4. The van der Waals surface area contributed by atoms with Gasteiger partial charge in [-0.25, -0.2) is 0 Å². The molecule has 0 saturated carbocycles. The predicted molar refractivity (Wildman–Crippen MR) is 121 cm³/mol. The number of nitrogens with zero attached hydrogens (tertiary/aromatic N) is 1. The van der Waals surface area contributed by atoms with Gasteiger partial charge in [0.05, 0.1) is 16.7 Å². The number of carbonyl (C=O) groups is 1. The van der Waals surface area contributed by atoms with Crippen molar-refractivity contribution in [2.45, 2.75) is 76.1 Å². The van der Waals surface area contributed by atoms with Gasteiger partial charge < -0.3 is 5.11 Å². The predicted octanol–water partition coefficient (Wildman–Crippen LogP) is 8.19. The van der Waals surface area contributed by atoms with Crippen LogP contribution in [0.5, 0.6) is 0 Å². The number of aliphatic carboxylic acids is 1. The van der Waals surface area contributed by atoms with Crippen LogP contribution in [0.4, 0.5) is 39.5 Å². The number of alkyl halides is 9. The highest BCUT2D eigenvalue weighted by Gasteiger charge is 2.43. The summed E-state index contributed by atoms with van der Waals surface area (Å²) in [6, 6.07) is -0.439. The number of piperidine rings is 1. The van der Waals surface area contributed by atoms with Crippen molar-refractivity contribution in [1.29, 1.82) is 0 Å². The number of carboxylic acids is 1. The normalized spacial score (nSPS) is 24.3. The van der Waals surface area contributed by atoms with Gasteiger partial charge in [0.1, 0.15) is 0 Å². The third kappa shape index (κ3) is 7.12. The van der Waals surface area contributed by atoms with Crippen molar-refractivity contribution in [3.05, 3.63) is 58.7 Å². The second-order valence-electron chi connectivity index (χ2n) is 9.81. The quantitative estimate of drug-likeness (QED) is 0.344. The maximum absolute atomic E-state index is 14.0. The molecule has 0 spiro atoms. The number of halogens is 9. The first-order chi connectivity index (χ1) is 17.5. The van der Waals surface area contributed by atoms with Gasteiger partial charge >= 0.3 is 24.5 Å². The Kier molecular flexibility index (Phi) is 8.95. The molecule has 12 heteroatoms. The lowest BCUT2D eigenvalue weighted by Gasteiger charge is -2.47. The van der Waals surface area contributed by atoms with E-state index < -0.39 is 64.8 Å². The number of hydrogen-bond acceptors (Lipinski definition) is 2. The highest BCUT2D eigenvalue weighted by atomic mass is 19.4. The summed E-state index contributed by atoms with van der Waals surface area (Å²) in [5.41, 5.74) is -3.83. The van der Waals surface area contributed by atoms with Crippen LogP contribution in [0, 0.1) is 11.8 Å². The minimum Gasteiger partial charge on any atom is -0.481 e. The average molecular weight is 557 g/mol. The monoisotopic (exact) mass is 557 g/mol. The zero-order valence-corrected chi connectivity index (χ0v) is 20.4. The lowest BCUT2D eigenvalue weighted by molar-refractivity contribution is -0.142. The van der Waals surface area contributed by atoms with Crippen LogP contribution in [0.25, 0.3) is 0 Å². The molecule has 3 rings (SSSR count). The van der Waals surface area contributed by atoms with Crippen LogP contribution in [-0.4, -0.2) is 34.7 Å². The molecule has 212 valence electrons. The van der Waals surface area contributed by atoms with Crippen LogP contribution in [0.3, 0.4) is 0 Å². The van der Waals surface area contributed by atoms with Gasteiger partial charge in [0.2, 0.25) is 0 Å². The SMILES string of the molecule is CCC[C@H](c1cc(C(F)(F)F)ccc1C(F)(F)F)N1CC[C@H](CC(=O)O)C[C@@H]1C1C=CC(C(F)(F)F)=CC1. The summed E-state index contributed by atoms with van der Waals surface area (Å²) in [5, 5.41) is 9.26. The molecule has 0 amide bonds. The molecule has 1 fully saturated rings. The number of hydrogen-bond donors (Lipinski definition) is 1. The van der Waals surface area contributed by atoms with Crippen molar-refractivity contribution in [1.82, 2.24) is 4.90 Å². The van der Waals surface area contributed by atoms with E-state index in [1.165, 1.54) is 6.08 Å².